The van der Waals surface area contributed by atoms with Gasteiger partial charge in [0.05, 0.1) is 5.69 Å². The lowest BCUT2D eigenvalue weighted by Crippen LogP contribution is -2.31. The van der Waals surface area contributed by atoms with Crippen molar-refractivity contribution in [1.82, 2.24) is 19.9 Å². The number of benzene rings is 1. The van der Waals surface area contributed by atoms with Crippen LogP contribution in [0.1, 0.15) is 22.6 Å². The fraction of sp³-hybridized carbons (Fsp3) is 0.250. The van der Waals surface area contributed by atoms with Gasteiger partial charge in [-0.1, -0.05) is 40.2 Å². The molecule has 1 aliphatic heterocycles. The lowest BCUT2D eigenvalue weighted by molar-refractivity contribution is 0.242. The van der Waals surface area contributed by atoms with Gasteiger partial charge in [0.25, 0.3) is 0 Å². The molecule has 0 saturated heterocycles. The quantitative estimate of drug-likeness (QED) is 0.668. The zero-order chi connectivity index (χ0) is 17.2. The normalized spacial score (nSPS) is 14.3. The van der Waals surface area contributed by atoms with Gasteiger partial charge >= 0.3 is 0 Å². The number of fused-ring (bicyclic) bond motifs is 1. The van der Waals surface area contributed by atoms with Gasteiger partial charge in [0.2, 0.25) is 0 Å². The summed E-state index contributed by atoms with van der Waals surface area (Å²) in [7, 11) is 0. The van der Waals surface area contributed by atoms with Crippen LogP contribution in [0.15, 0.2) is 53.3 Å². The maximum absolute atomic E-state index is 4.65. The van der Waals surface area contributed by atoms with Crippen LogP contribution in [-0.4, -0.2) is 26.4 Å². The lowest BCUT2D eigenvalue weighted by atomic mass is 10.1. The highest BCUT2D eigenvalue weighted by Gasteiger charge is 2.18. The summed E-state index contributed by atoms with van der Waals surface area (Å²) in [5.41, 5.74) is 5.78. The third-order valence-corrected chi connectivity index (χ3v) is 5.21. The SMILES string of the molecule is Cc1ncc2c(n1)CCN(Cc1ccc(-c3ccccc3Br)nc1)C2. The van der Waals surface area contributed by atoms with Gasteiger partial charge in [-0.2, -0.15) is 0 Å². The van der Waals surface area contributed by atoms with Crippen molar-refractivity contribution >= 4 is 15.9 Å². The van der Waals surface area contributed by atoms with E-state index >= 15 is 0 Å². The van der Waals surface area contributed by atoms with Crippen molar-refractivity contribution in [1.29, 1.82) is 0 Å². The molecule has 4 rings (SSSR count). The van der Waals surface area contributed by atoms with Gasteiger partial charge < -0.3 is 0 Å². The van der Waals surface area contributed by atoms with Gasteiger partial charge in [0, 0.05) is 59.7 Å². The van der Waals surface area contributed by atoms with Gasteiger partial charge in [-0.15, -0.1) is 0 Å². The topological polar surface area (TPSA) is 41.9 Å². The van der Waals surface area contributed by atoms with E-state index < -0.39 is 0 Å². The predicted molar refractivity (Wildman–Crippen MR) is 102 cm³/mol. The maximum atomic E-state index is 4.65. The molecule has 2 aromatic heterocycles. The first-order chi connectivity index (χ1) is 12.2. The molecule has 1 aliphatic rings. The summed E-state index contributed by atoms with van der Waals surface area (Å²) in [4.78, 5) is 16.0. The summed E-state index contributed by atoms with van der Waals surface area (Å²) in [5, 5.41) is 0. The highest BCUT2D eigenvalue weighted by molar-refractivity contribution is 9.10. The van der Waals surface area contributed by atoms with Gasteiger partial charge in [0.15, 0.2) is 0 Å². The fourth-order valence-corrected chi connectivity index (χ4v) is 3.70. The second kappa shape index (κ2) is 7.02. The van der Waals surface area contributed by atoms with E-state index in [0.717, 1.165) is 47.6 Å². The Balaban J connectivity index is 1.47. The molecule has 126 valence electrons. The molecule has 0 radical (unpaired) electrons. The van der Waals surface area contributed by atoms with Crippen LogP contribution in [0.25, 0.3) is 11.3 Å². The zero-order valence-electron chi connectivity index (χ0n) is 14.1. The van der Waals surface area contributed by atoms with E-state index in [4.69, 9.17) is 0 Å². The number of rotatable bonds is 3. The molecule has 0 amide bonds. The first-order valence-corrected chi connectivity index (χ1v) is 9.22. The monoisotopic (exact) mass is 394 g/mol. The highest BCUT2D eigenvalue weighted by atomic mass is 79.9. The number of halogens is 1. The predicted octanol–water partition coefficient (Wildman–Crippen LogP) is 4.17. The zero-order valence-corrected chi connectivity index (χ0v) is 15.7. The third kappa shape index (κ3) is 3.62. The minimum atomic E-state index is 0.860. The van der Waals surface area contributed by atoms with E-state index in [1.807, 2.05) is 37.5 Å². The molecular weight excluding hydrogens is 376 g/mol. The minimum Gasteiger partial charge on any atom is -0.294 e. The molecule has 3 aromatic rings. The molecule has 4 nitrogen and oxygen atoms in total. The van der Waals surface area contributed by atoms with Crippen LogP contribution in [0.4, 0.5) is 0 Å². The molecule has 0 bridgehead atoms. The van der Waals surface area contributed by atoms with Crippen molar-refractivity contribution in [3.05, 3.63) is 75.9 Å². The average molecular weight is 395 g/mol. The summed E-state index contributed by atoms with van der Waals surface area (Å²) in [6.45, 7) is 4.78. The molecule has 0 spiro atoms. The standard InChI is InChI=1S/C20H19BrN4/c1-14-22-11-16-13-25(9-8-19(16)24-14)12-15-6-7-20(23-10-15)17-4-2-3-5-18(17)21/h2-7,10-11H,8-9,12-13H2,1H3. The van der Waals surface area contributed by atoms with Gasteiger partial charge in [-0.05, 0) is 24.6 Å². The number of hydrogen-bond donors (Lipinski definition) is 0. The molecule has 0 N–H and O–H groups in total. The van der Waals surface area contributed by atoms with Crippen LogP contribution in [0.5, 0.6) is 0 Å². The number of pyridine rings is 1. The van der Waals surface area contributed by atoms with E-state index in [1.54, 1.807) is 0 Å². The van der Waals surface area contributed by atoms with E-state index in [1.165, 1.54) is 16.8 Å². The average Bonchev–Trinajstić information content (AvgIpc) is 2.63. The van der Waals surface area contributed by atoms with Crippen LogP contribution < -0.4 is 0 Å². The van der Waals surface area contributed by atoms with Crippen molar-refractivity contribution in [3.8, 4) is 11.3 Å². The van der Waals surface area contributed by atoms with Crippen LogP contribution in [-0.2, 0) is 19.5 Å². The fourth-order valence-electron chi connectivity index (χ4n) is 3.21. The molecular formula is C20H19BrN4. The summed E-state index contributed by atoms with van der Waals surface area (Å²) in [6, 6.07) is 12.4. The van der Waals surface area contributed by atoms with Crippen LogP contribution in [0, 0.1) is 6.92 Å². The maximum Gasteiger partial charge on any atom is 0.125 e. The van der Waals surface area contributed by atoms with Crippen LogP contribution in [0.2, 0.25) is 0 Å². The summed E-state index contributed by atoms with van der Waals surface area (Å²) < 4.78 is 1.07. The van der Waals surface area contributed by atoms with Gasteiger partial charge in [0.1, 0.15) is 5.82 Å². The van der Waals surface area contributed by atoms with Gasteiger partial charge in [-0.3, -0.25) is 9.88 Å². The van der Waals surface area contributed by atoms with Crippen molar-refractivity contribution in [3.63, 3.8) is 0 Å². The summed E-state index contributed by atoms with van der Waals surface area (Å²) >= 11 is 3.59. The van der Waals surface area contributed by atoms with Crippen LogP contribution >= 0.6 is 15.9 Å². The highest BCUT2D eigenvalue weighted by Crippen LogP contribution is 2.26. The van der Waals surface area contributed by atoms with E-state index in [9.17, 15) is 0 Å². The smallest absolute Gasteiger partial charge is 0.125 e. The largest absolute Gasteiger partial charge is 0.294 e. The Bertz CT molecular complexity index is 892. The molecule has 0 saturated carbocycles. The minimum absolute atomic E-state index is 0.860. The number of nitrogens with zero attached hydrogens (tertiary/aromatic N) is 4. The van der Waals surface area contributed by atoms with Crippen molar-refractivity contribution < 1.29 is 0 Å². The molecule has 3 heterocycles. The number of aromatic nitrogens is 3. The van der Waals surface area contributed by atoms with Crippen molar-refractivity contribution in [2.24, 2.45) is 0 Å². The first kappa shape index (κ1) is 16.4. The second-order valence-corrected chi connectivity index (χ2v) is 7.24. The Hall–Kier alpha value is -2.11. The molecule has 0 atom stereocenters. The number of aryl methyl sites for hydroxylation is 1. The van der Waals surface area contributed by atoms with Gasteiger partial charge in [-0.25, -0.2) is 9.97 Å². The van der Waals surface area contributed by atoms with E-state index in [2.05, 4.69) is 54.0 Å². The van der Waals surface area contributed by atoms with E-state index in [0.29, 0.717) is 0 Å². The lowest BCUT2D eigenvalue weighted by Gasteiger charge is -2.27. The molecule has 0 unspecified atom stereocenters. The summed E-state index contributed by atoms with van der Waals surface area (Å²) in [6.07, 6.45) is 4.94. The summed E-state index contributed by atoms with van der Waals surface area (Å²) in [5.74, 6) is 0.860. The number of hydrogen-bond acceptors (Lipinski definition) is 4. The Labute approximate surface area is 156 Å². The van der Waals surface area contributed by atoms with Crippen molar-refractivity contribution in [2.75, 3.05) is 6.54 Å². The molecule has 25 heavy (non-hydrogen) atoms. The Kier molecular flexibility index (Phi) is 4.59. The van der Waals surface area contributed by atoms with Crippen LogP contribution in [0.3, 0.4) is 0 Å². The molecule has 0 aliphatic carbocycles. The Morgan fingerprint density at radius 3 is 2.76 bits per heavy atom. The Morgan fingerprint density at radius 2 is 1.96 bits per heavy atom. The van der Waals surface area contributed by atoms with E-state index in [-0.39, 0.29) is 0 Å². The second-order valence-electron chi connectivity index (χ2n) is 6.38. The van der Waals surface area contributed by atoms with Crippen molar-refractivity contribution in [2.45, 2.75) is 26.4 Å². The molecule has 0 fully saturated rings. The third-order valence-electron chi connectivity index (χ3n) is 4.51. The first-order valence-electron chi connectivity index (χ1n) is 8.42. The Morgan fingerprint density at radius 1 is 1.08 bits per heavy atom. The molecule has 5 heteroatoms. The molecule has 1 aromatic carbocycles.